The highest BCUT2D eigenvalue weighted by Crippen LogP contribution is 2.06. The van der Waals surface area contributed by atoms with Gasteiger partial charge in [-0.1, -0.05) is 0 Å². The van der Waals surface area contributed by atoms with Crippen LogP contribution in [0.2, 0.25) is 0 Å². The van der Waals surface area contributed by atoms with Gasteiger partial charge in [-0.05, 0) is 0 Å². The number of carbonyl (C=O) groups excluding carboxylic acids is 1. The maximum Gasteiger partial charge on any atom is 0.248 e. The van der Waals surface area contributed by atoms with Crippen molar-refractivity contribution in [2.75, 3.05) is 52.5 Å². The summed E-state index contributed by atoms with van der Waals surface area (Å²) in [7, 11) is 1.60. The lowest BCUT2D eigenvalue weighted by molar-refractivity contribution is -0.143. The number of methoxy groups -OCH3 is 1. The lowest BCUT2D eigenvalue weighted by atomic mass is 10.3. The maximum absolute atomic E-state index is 11.7. The summed E-state index contributed by atoms with van der Waals surface area (Å²) in [4.78, 5) is 13.4. The molecular formula is C10H18ClNO4. The Kier molecular flexibility index (Phi) is 6.71. The second-order valence-corrected chi connectivity index (χ2v) is 3.84. The number of nitrogens with zero attached hydrogens (tertiary/aromatic N) is 1. The monoisotopic (exact) mass is 251 g/mol. The van der Waals surface area contributed by atoms with Crippen LogP contribution in [0.1, 0.15) is 0 Å². The van der Waals surface area contributed by atoms with E-state index in [0.29, 0.717) is 38.8 Å². The van der Waals surface area contributed by atoms with Crippen molar-refractivity contribution in [3.05, 3.63) is 0 Å². The fraction of sp³-hybridized carbons (Fsp3) is 0.900. The van der Waals surface area contributed by atoms with Gasteiger partial charge in [0.25, 0.3) is 0 Å². The van der Waals surface area contributed by atoms with Crippen molar-refractivity contribution in [1.29, 1.82) is 0 Å². The van der Waals surface area contributed by atoms with Crippen LogP contribution in [0.5, 0.6) is 0 Å². The van der Waals surface area contributed by atoms with Crippen molar-refractivity contribution in [3.63, 3.8) is 0 Å². The molecule has 1 atom stereocenters. The minimum atomic E-state index is -0.0571. The largest absolute Gasteiger partial charge is 0.382 e. The molecule has 1 aliphatic heterocycles. The highest BCUT2D eigenvalue weighted by atomic mass is 35.5. The van der Waals surface area contributed by atoms with Gasteiger partial charge in [0.15, 0.2) is 0 Å². The Bertz CT molecular complexity index is 215. The normalized spacial score (nSPS) is 21.1. The van der Waals surface area contributed by atoms with E-state index < -0.39 is 0 Å². The molecule has 0 radical (unpaired) electrons. The summed E-state index contributed by atoms with van der Waals surface area (Å²) >= 11 is 5.69. The molecule has 5 nitrogen and oxygen atoms in total. The first kappa shape index (κ1) is 13.7. The third-order valence-corrected chi connectivity index (χ3v) is 2.67. The van der Waals surface area contributed by atoms with Gasteiger partial charge < -0.3 is 19.1 Å². The summed E-state index contributed by atoms with van der Waals surface area (Å²) < 4.78 is 15.3. The molecule has 0 N–H and O–H groups in total. The van der Waals surface area contributed by atoms with Crippen LogP contribution >= 0.6 is 11.6 Å². The van der Waals surface area contributed by atoms with Gasteiger partial charge in [0.2, 0.25) is 5.91 Å². The number of ether oxygens (including phenoxy) is 3. The number of morpholine rings is 1. The third-order valence-electron chi connectivity index (χ3n) is 2.32. The molecule has 0 aromatic rings. The molecule has 1 heterocycles. The average molecular weight is 252 g/mol. The van der Waals surface area contributed by atoms with E-state index in [0.717, 1.165) is 0 Å². The summed E-state index contributed by atoms with van der Waals surface area (Å²) in [5, 5.41) is 0. The zero-order valence-electron chi connectivity index (χ0n) is 9.49. The van der Waals surface area contributed by atoms with E-state index in [2.05, 4.69) is 0 Å². The van der Waals surface area contributed by atoms with Gasteiger partial charge in [-0.15, -0.1) is 11.6 Å². The van der Waals surface area contributed by atoms with E-state index in [1.54, 1.807) is 12.0 Å². The number of hydrogen-bond donors (Lipinski definition) is 0. The molecule has 94 valence electrons. The van der Waals surface area contributed by atoms with Crippen LogP contribution in [0, 0.1) is 0 Å². The zero-order valence-corrected chi connectivity index (χ0v) is 10.2. The van der Waals surface area contributed by atoms with Crippen molar-refractivity contribution >= 4 is 17.5 Å². The first-order valence-corrected chi connectivity index (χ1v) is 5.83. The van der Waals surface area contributed by atoms with Gasteiger partial charge in [-0.2, -0.15) is 0 Å². The lowest BCUT2D eigenvalue weighted by Gasteiger charge is -2.31. The topological polar surface area (TPSA) is 48.0 Å². The molecular weight excluding hydrogens is 234 g/mol. The second kappa shape index (κ2) is 7.84. The summed E-state index contributed by atoms with van der Waals surface area (Å²) in [6.45, 7) is 2.74. The van der Waals surface area contributed by atoms with Gasteiger partial charge in [0.05, 0.1) is 31.8 Å². The fourth-order valence-electron chi connectivity index (χ4n) is 1.43. The maximum atomic E-state index is 11.7. The van der Waals surface area contributed by atoms with Crippen LogP contribution in [0.15, 0.2) is 0 Å². The Morgan fingerprint density at radius 3 is 3.06 bits per heavy atom. The van der Waals surface area contributed by atoms with Crippen molar-refractivity contribution in [2.45, 2.75) is 6.10 Å². The summed E-state index contributed by atoms with van der Waals surface area (Å²) in [5.74, 6) is 0.392. The number of carbonyl (C=O) groups is 1. The minimum Gasteiger partial charge on any atom is -0.382 e. The molecule has 1 fully saturated rings. The standard InChI is InChI=1S/C10H18ClNO4/c1-14-4-5-15-8-10(13)12-2-3-16-9(6-11)7-12/h9H,2-8H2,1H3. The molecule has 1 saturated heterocycles. The molecule has 1 rings (SSSR count). The van der Waals surface area contributed by atoms with Crippen molar-refractivity contribution < 1.29 is 19.0 Å². The Morgan fingerprint density at radius 1 is 1.56 bits per heavy atom. The minimum absolute atomic E-state index is 0.0190. The molecule has 6 heteroatoms. The number of alkyl halides is 1. The molecule has 0 aliphatic carbocycles. The van der Waals surface area contributed by atoms with Crippen LogP contribution in [0.3, 0.4) is 0 Å². The average Bonchev–Trinajstić information content (AvgIpc) is 2.34. The quantitative estimate of drug-likeness (QED) is 0.497. The van der Waals surface area contributed by atoms with Crippen LogP contribution in [-0.2, 0) is 19.0 Å². The van der Waals surface area contributed by atoms with E-state index in [1.807, 2.05) is 0 Å². The van der Waals surface area contributed by atoms with E-state index in [-0.39, 0.29) is 18.6 Å². The van der Waals surface area contributed by atoms with Crippen LogP contribution in [0.4, 0.5) is 0 Å². The SMILES string of the molecule is COCCOCC(=O)N1CCOC(CCl)C1. The molecule has 1 aliphatic rings. The van der Waals surface area contributed by atoms with Gasteiger partial charge in [-0.3, -0.25) is 4.79 Å². The van der Waals surface area contributed by atoms with E-state index in [9.17, 15) is 4.79 Å². The molecule has 1 unspecified atom stereocenters. The number of halogens is 1. The van der Waals surface area contributed by atoms with Crippen molar-refractivity contribution in [1.82, 2.24) is 4.90 Å². The Morgan fingerprint density at radius 2 is 2.38 bits per heavy atom. The molecule has 0 saturated carbocycles. The van der Waals surface area contributed by atoms with Gasteiger partial charge in [-0.25, -0.2) is 0 Å². The van der Waals surface area contributed by atoms with Gasteiger partial charge >= 0.3 is 0 Å². The molecule has 0 aromatic carbocycles. The molecule has 0 aromatic heterocycles. The van der Waals surface area contributed by atoms with Gasteiger partial charge in [0.1, 0.15) is 6.61 Å². The number of amides is 1. The van der Waals surface area contributed by atoms with E-state index in [4.69, 9.17) is 25.8 Å². The molecule has 16 heavy (non-hydrogen) atoms. The number of hydrogen-bond acceptors (Lipinski definition) is 4. The highest BCUT2D eigenvalue weighted by Gasteiger charge is 2.23. The first-order valence-electron chi connectivity index (χ1n) is 5.30. The lowest BCUT2D eigenvalue weighted by Crippen LogP contribution is -2.47. The number of rotatable bonds is 6. The predicted molar refractivity (Wildman–Crippen MR) is 59.7 cm³/mol. The summed E-state index contributed by atoms with van der Waals surface area (Å²) in [5.41, 5.74) is 0. The van der Waals surface area contributed by atoms with Crippen molar-refractivity contribution in [3.8, 4) is 0 Å². The Labute approximate surface area is 101 Å². The predicted octanol–water partition coefficient (Wildman–Crippen LogP) is 0.116. The van der Waals surface area contributed by atoms with Crippen molar-refractivity contribution in [2.24, 2.45) is 0 Å². The third kappa shape index (κ3) is 4.65. The summed E-state index contributed by atoms with van der Waals surface area (Å²) in [6.07, 6.45) is -0.0571. The zero-order chi connectivity index (χ0) is 11.8. The first-order chi connectivity index (χ1) is 7.77. The second-order valence-electron chi connectivity index (χ2n) is 3.53. The summed E-state index contributed by atoms with van der Waals surface area (Å²) in [6, 6.07) is 0. The van der Waals surface area contributed by atoms with Crippen LogP contribution < -0.4 is 0 Å². The highest BCUT2D eigenvalue weighted by molar-refractivity contribution is 6.18. The van der Waals surface area contributed by atoms with E-state index >= 15 is 0 Å². The van der Waals surface area contributed by atoms with Crippen LogP contribution in [0.25, 0.3) is 0 Å². The van der Waals surface area contributed by atoms with Crippen LogP contribution in [-0.4, -0.2) is 69.4 Å². The fourth-order valence-corrected chi connectivity index (χ4v) is 1.62. The van der Waals surface area contributed by atoms with E-state index in [1.165, 1.54) is 0 Å². The molecule has 0 bridgehead atoms. The van der Waals surface area contributed by atoms with Gasteiger partial charge in [0, 0.05) is 20.2 Å². The Balaban J connectivity index is 2.19. The molecule has 0 spiro atoms. The molecule has 1 amide bonds. The Hall–Kier alpha value is -0.360. The smallest absolute Gasteiger partial charge is 0.248 e.